The molecule has 0 aromatic heterocycles. The number of amides is 1. The summed E-state index contributed by atoms with van der Waals surface area (Å²) < 4.78 is 23.4. The van der Waals surface area contributed by atoms with E-state index in [0.29, 0.717) is 23.9 Å². The molecule has 0 radical (unpaired) electrons. The van der Waals surface area contributed by atoms with Crippen molar-refractivity contribution >= 4 is 13.7 Å². The third kappa shape index (κ3) is 55.3. The molecule has 0 aromatic carbocycles. The van der Waals surface area contributed by atoms with Crippen LogP contribution in [0.5, 0.6) is 0 Å². The molecule has 0 aliphatic carbocycles. The van der Waals surface area contributed by atoms with E-state index < -0.39 is 20.0 Å². The molecule has 9 heteroatoms. The molecular weight excluding hydrogens is 888 g/mol. The number of nitrogens with one attached hydrogen (secondary N) is 1. The lowest BCUT2D eigenvalue weighted by molar-refractivity contribution is -0.870. The Morgan fingerprint density at radius 1 is 0.443 bits per heavy atom. The van der Waals surface area contributed by atoms with Gasteiger partial charge in [-0.05, 0) is 12.8 Å². The number of quaternary nitrogens is 1. The molecule has 0 bridgehead atoms. The molecule has 0 aromatic rings. The number of carbonyl (C=O) groups is 1. The Hall–Kier alpha value is -0.500. The highest BCUT2D eigenvalue weighted by Crippen LogP contribution is 2.38. The van der Waals surface area contributed by atoms with Crippen molar-refractivity contribution in [2.45, 2.75) is 347 Å². The minimum absolute atomic E-state index is 0.0166. The van der Waals surface area contributed by atoms with E-state index in [9.17, 15) is 19.4 Å². The number of phosphoric acid groups is 1. The lowest BCUT2D eigenvalue weighted by Gasteiger charge is -2.30. The van der Waals surface area contributed by atoms with Crippen LogP contribution in [0.1, 0.15) is 335 Å². The van der Waals surface area contributed by atoms with E-state index in [1.807, 2.05) is 21.1 Å². The second-order valence-corrected chi connectivity index (χ2v) is 24.5. The highest BCUT2D eigenvalue weighted by Gasteiger charge is 2.24. The molecule has 0 heterocycles. The second-order valence-electron chi connectivity index (χ2n) is 23.1. The number of nitrogens with zero attached hydrogens (tertiary/aromatic N) is 1. The Morgan fingerprint density at radius 2 is 0.700 bits per heavy atom. The van der Waals surface area contributed by atoms with Crippen LogP contribution in [-0.2, 0) is 18.4 Å². The summed E-state index contributed by atoms with van der Waals surface area (Å²) in [5.41, 5.74) is 0. The Bertz CT molecular complexity index is 1100. The van der Waals surface area contributed by atoms with E-state index in [2.05, 4.69) is 19.2 Å². The maximum Gasteiger partial charge on any atom is 0.268 e. The molecule has 0 spiro atoms. The smallest absolute Gasteiger partial charge is 0.268 e. The summed E-state index contributed by atoms with van der Waals surface area (Å²) in [7, 11) is 1.33. The van der Waals surface area contributed by atoms with Crippen molar-refractivity contribution in [2.24, 2.45) is 0 Å². The van der Waals surface area contributed by atoms with Crippen molar-refractivity contribution in [3.8, 4) is 0 Å². The number of phosphoric ester groups is 1. The first-order valence-corrected chi connectivity index (χ1v) is 32.8. The van der Waals surface area contributed by atoms with Crippen molar-refractivity contribution in [3.05, 3.63) is 0 Å². The zero-order chi connectivity index (χ0) is 51.3. The van der Waals surface area contributed by atoms with E-state index in [4.69, 9.17) is 9.05 Å². The van der Waals surface area contributed by atoms with Crippen molar-refractivity contribution < 1.29 is 32.9 Å². The molecule has 0 saturated heterocycles. The topological polar surface area (TPSA) is 108 Å². The van der Waals surface area contributed by atoms with Crippen LogP contribution in [0.3, 0.4) is 0 Å². The first-order chi connectivity index (χ1) is 34.0. The fraction of sp³-hybridized carbons (Fsp3) is 0.984. The van der Waals surface area contributed by atoms with Crippen LogP contribution in [0.25, 0.3) is 0 Å². The third-order valence-electron chi connectivity index (χ3n) is 14.8. The number of rotatable bonds is 59. The predicted molar refractivity (Wildman–Crippen MR) is 303 cm³/mol. The molecular formula is C61H125N2O6P. The van der Waals surface area contributed by atoms with Crippen molar-refractivity contribution in [3.63, 3.8) is 0 Å². The Kier molecular flexibility index (Phi) is 52.9. The van der Waals surface area contributed by atoms with Gasteiger partial charge < -0.3 is 28.8 Å². The molecule has 420 valence electrons. The molecule has 0 rings (SSSR count). The van der Waals surface area contributed by atoms with Gasteiger partial charge in [-0.1, -0.05) is 316 Å². The van der Waals surface area contributed by atoms with Crippen LogP contribution in [0.4, 0.5) is 0 Å². The monoisotopic (exact) mass is 1010 g/mol. The molecule has 1 amide bonds. The summed E-state index contributed by atoms with van der Waals surface area (Å²) in [6, 6.07) is -0.795. The molecule has 8 nitrogen and oxygen atoms in total. The Labute approximate surface area is 438 Å². The lowest BCUT2D eigenvalue weighted by Crippen LogP contribution is -2.46. The first-order valence-electron chi connectivity index (χ1n) is 31.4. The summed E-state index contributed by atoms with van der Waals surface area (Å²) in [5.74, 6) is -0.157. The minimum Gasteiger partial charge on any atom is -0.756 e. The minimum atomic E-state index is -4.57. The van der Waals surface area contributed by atoms with Gasteiger partial charge in [0.05, 0.1) is 39.9 Å². The number of likely N-dealkylation sites (N-methyl/N-ethyl adjacent to an activating group) is 1. The zero-order valence-electron chi connectivity index (χ0n) is 48.0. The maximum absolute atomic E-state index is 13.0. The average Bonchev–Trinajstić information content (AvgIpc) is 3.32. The zero-order valence-corrected chi connectivity index (χ0v) is 48.9. The average molecular weight is 1010 g/mol. The fourth-order valence-corrected chi connectivity index (χ4v) is 10.7. The van der Waals surface area contributed by atoms with Crippen molar-refractivity contribution in [1.82, 2.24) is 5.32 Å². The summed E-state index contributed by atoms with van der Waals surface area (Å²) >= 11 is 0. The van der Waals surface area contributed by atoms with Gasteiger partial charge in [0, 0.05) is 6.42 Å². The summed E-state index contributed by atoms with van der Waals surface area (Å²) in [6.45, 7) is 4.78. The number of unbranched alkanes of at least 4 members (excludes halogenated alkanes) is 46. The predicted octanol–water partition coefficient (Wildman–Crippen LogP) is 18.6. The quantitative estimate of drug-likeness (QED) is 0.0357. The van der Waals surface area contributed by atoms with E-state index >= 15 is 0 Å². The number of carbonyl (C=O) groups excluding carboxylic acids is 1. The number of aliphatic hydroxyl groups excluding tert-OH is 1. The van der Waals surface area contributed by atoms with E-state index in [0.717, 1.165) is 38.5 Å². The van der Waals surface area contributed by atoms with Crippen molar-refractivity contribution in [1.29, 1.82) is 0 Å². The second kappa shape index (κ2) is 53.3. The normalized spacial score (nSPS) is 13.8. The van der Waals surface area contributed by atoms with Gasteiger partial charge in [-0.2, -0.15) is 0 Å². The van der Waals surface area contributed by atoms with Crippen LogP contribution in [0, 0.1) is 0 Å². The van der Waals surface area contributed by atoms with Crippen LogP contribution in [0.15, 0.2) is 0 Å². The van der Waals surface area contributed by atoms with Gasteiger partial charge in [0.1, 0.15) is 13.2 Å². The van der Waals surface area contributed by atoms with Gasteiger partial charge in [0.25, 0.3) is 7.82 Å². The summed E-state index contributed by atoms with van der Waals surface area (Å²) in [6.07, 6.45) is 64.5. The van der Waals surface area contributed by atoms with Crippen LogP contribution >= 0.6 is 7.82 Å². The van der Waals surface area contributed by atoms with Crippen molar-refractivity contribution in [2.75, 3.05) is 40.9 Å². The molecule has 0 aliphatic heterocycles. The first kappa shape index (κ1) is 69.5. The SMILES string of the molecule is CCCCCCCCCCCCCCCCCCCCCCCCCCCCCCCCCCCC(O)C(COP(=O)([O-])OCC[N+](C)(C)C)NC(=O)CCCCCCCCCCCCCCCCC. The summed E-state index contributed by atoms with van der Waals surface area (Å²) in [4.78, 5) is 25.5. The van der Waals surface area contributed by atoms with Gasteiger partial charge in [0.15, 0.2) is 0 Å². The number of hydrogen-bond donors (Lipinski definition) is 2. The number of aliphatic hydroxyl groups is 1. The molecule has 0 saturated carbocycles. The molecule has 0 aliphatic rings. The third-order valence-corrected chi connectivity index (χ3v) is 15.8. The van der Waals surface area contributed by atoms with Crippen LogP contribution < -0.4 is 10.2 Å². The molecule has 2 N–H and O–H groups in total. The molecule has 3 atom stereocenters. The number of hydrogen-bond acceptors (Lipinski definition) is 6. The largest absolute Gasteiger partial charge is 0.756 e. The van der Waals surface area contributed by atoms with E-state index in [-0.39, 0.29) is 19.1 Å². The van der Waals surface area contributed by atoms with E-state index in [1.54, 1.807) is 0 Å². The highest BCUT2D eigenvalue weighted by molar-refractivity contribution is 7.45. The van der Waals surface area contributed by atoms with Gasteiger partial charge >= 0.3 is 0 Å². The fourth-order valence-electron chi connectivity index (χ4n) is 9.93. The molecule has 70 heavy (non-hydrogen) atoms. The van der Waals surface area contributed by atoms with Gasteiger partial charge in [-0.15, -0.1) is 0 Å². The standard InChI is InChI=1S/C61H125N2O6P/c1-6-8-10-12-14-16-18-20-22-23-24-25-26-27-28-29-30-31-32-33-34-35-36-37-38-39-41-42-44-46-48-50-52-54-60(64)59(58-69-70(66,67)68-57-56-63(3,4)5)62-61(65)55-53-51-49-47-45-43-40-21-19-17-15-13-11-9-7-2/h59-60,64H,6-58H2,1-5H3,(H-,62,65,66,67). The summed E-state index contributed by atoms with van der Waals surface area (Å²) in [5, 5.41) is 14.0. The van der Waals surface area contributed by atoms with E-state index in [1.165, 1.54) is 270 Å². The lowest BCUT2D eigenvalue weighted by atomic mass is 10.0. The Balaban J connectivity index is 3.95. The van der Waals surface area contributed by atoms with Crippen LogP contribution in [0.2, 0.25) is 0 Å². The molecule has 0 fully saturated rings. The highest BCUT2D eigenvalue weighted by atomic mass is 31.2. The van der Waals surface area contributed by atoms with Gasteiger partial charge in [-0.3, -0.25) is 9.36 Å². The molecule has 3 unspecified atom stereocenters. The maximum atomic E-state index is 13.0. The van der Waals surface area contributed by atoms with Gasteiger partial charge in [0.2, 0.25) is 5.91 Å². The Morgan fingerprint density at radius 3 is 0.971 bits per heavy atom. The van der Waals surface area contributed by atoms with Gasteiger partial charge in [-0.25, -0.2) is 0 Å². The van der Waals surface area contributed by atoms with Crippen LogP contribution in [-0.4, -0.2) is 68.5 Å².